The zero-order valence-electron chi connectivity index (χ0n) is 7.85. The van der Waals surface area contributed by atoms with Crippen molar-refractivity contribution in [2.24, 2.45) is 0 Å². The van der Waals surface area contributed by atoms with E-state index in [9.17, 15) is 19.8 Å². The van der Waals surface area contributed by atoms with Gasteiger partial charge in [-0.2, -0.15) is 0 Å². The molecule has 0 aliphatic carbocycles. The molecule has 0 radical (unpaired) electrons. The summed E-state index contributed by atoms with van der Waals surface area (Å²) in [6.07, 6.45) is 0. The van der Waals surface area contributed by atoms with Crippen LogP contribution in [0.25, 0.3) is 0 Å². The molecule has 1 rings (SSSR count). The second-order valence-corrected chi connectivity index (χ2v) is 4.09. The van der Waals surface area contributed by atoms with E-state index in [4.69, 9.17) is 46.4 Å². The van der Waals surface area contributed by atoms with Gasteiger partial charge >= 0.3 is 37.7 Å². The first-order chi connectivity index (χ1) is 7.29. The molecule has 0 saturated carbocycles. The maximum Gasteiger partial charge on any atom is 2.00 e. The normalized spacial score (nSPS) is 9.65. The van der Waals surface area contributed by atoms with Crippen molar-refractivity contribution in [1.82, 2.24) is 0 Å². The molecule has 17 heavy (non-hydrogen) atoms. The maximum atomic E-state index is 10.7. The van der Waals surface area contributed by atoms with Crippen LogP contribution in [0.3, 0.4) is 0 Å². The van der Waals surface area contributed by atoms with Gasteiger partial charge in [-0.25, -0.2) is 0 Å². The molecule has 9 heteroatoms. The number of carboxylic acid groups (broad SMARTS) is 2. The number of rotatable bonds is 2. The van der Waals surface area contributed by atoms with Gasteiger partial charge in [-0.05, 0) is 0 Å². The van der Waals surface area contributed by atoms with Crippen molar-refractivity contribution < 1.29 is 19.8 Å². The number of aromatic carboxylic acids is 2. The zero-order chi connectivity index (χ0) is 12.6. The molecule has 86 valence electrons. The van der Waals surface area contributed by atoms with Crippen LogP contribution in [0.1, 0.15) is 20.7 Å². The van der Waals surface area contributed by atoms with E-state index in [1.54, 1.807) is 0 Å². The van der Waals surface area contributed by atoms with Gasteiger partial charge in [0, 0.05) is 11.1 Å². The van der Waals surface area contributed by atoms with Gasteiger partial charge in [0.2, 0.25) is 0 Å². The van der Waals surface area contributed by atoms with Crippen molar-refractivity contribution in [3.05, 3.63) is 31.2 Å². The molecule has 0 aliphatic heterocycles. The van der Waals surface area contributed by atoms with Crippen molar-refractivity contribution in [3.63, 3.8) is 0 Å². The Kier molecular flexibility index (Phi) is 6.89. The number of carbonyl (C=O) groups is 2. The minimum absolute atomic E-state index is 0. The summed E-state index contributed by atoms with van der Waals surface area (Å²) < 4.78 is 0. The third kappa shape index (κ3) is 3.32. The Morgan fingerprint density at radius 1 is 0.706 bits per heavy atom. The average molecular weight is 342 g/mol. The smallest absolute Gasteiger partial charge is 0.545 e. The van der Waals surface area contributed by atoms with Crippen molar-refractivity contribution in [1.29, 1.82) is 0 Å². The van der Waals surface area contributed by atoms with Crippen molar-refractivity contribution in [2.75, 3.05) is 0 Å². The van der Waals surface area contributed by atoms with Crippen LogP contribution in [0.4, 0.5) is 0 Å². The fourth-order valence-corrected chi connectivity index (χ4v) is 2.02. The summed E-state index contributed by atoms with van der Waals surface area (Å²) >= 11 is 22.2. The molecule has 0 amide bonds. The van der Waals surface area contributed by atoms with Crippen LogP contribution in [-0.4, -0.2) is 49.7 Å². The topological polar surface area (TPSA) is 80.3 Å². The molecular formula is C8CaCl4O4. The summed E-state index contributed by atoms with van der Waals surface area (Å²) in [6, 6.07) is 0. The molecule has 0 saturated heterocycles. The van der Waals surface area contributed by atoms with Crippen LogP contribution in [0.5, 0.6) is 0 Å². The number of carboxylic acids is 2. The van der Waals surface area contributed by atoms with Gasteiger partial charge in [-0.3, -0.25) is 0 Å². The Morgan fingerprint density at radius 2 is 0.941 bits per heavy atom. The number of halogens is 4. The summed E-state index contributed by atoms with van der Waals surface area (Å²) in [6.45, 7) is 0. The Labute approximate surface area is 145 Å². The fourth-order valence-electron chi connectivity index (χ4n) is 1.02. The molecule has 0 aliphatic rings. The molecule has 0 aromatic heterocycles. The van der Waals surface area contributed by atoms with Gasteiger partial charge in [-0.15, -0.1) is 0 Å². The van der Waals surface area contributed by atoms with Crippen molar-refractivity contribution >= 4 is 96.1 Å². The molecule has 0 spiro atoms. The molecule has 4 nitrogen and oxygen atoms in total. The van der Waals surface area contributed by atoms with Gasteiger partial charge in [0.05, 0.1) is 32.0 Å². The molecular weight excluding hydrogens is 342 g/mol. The summed E-state index contributed by atoms with van der Waals surface area (Å²) in [5.74, 6) is -3.69. The van der Waals surface area contributed by atoms with Gasteiger partial charge in [0.1, 0.15) is 0 Å². The van der Waals surface area contributed by atoms with Crippen LogP contribution in [0.2, 0.25) is 20.1 Å². The molecule has 0 bridgehead atoms. The number of carbonyl (C=O) groups excluding carboxylic acids is 2. The molecule has 0 fully saturated rings. The van der Waals surface area contributed by atoms with Crippen LogP contribution in [0.15, 0.2) is 0 Å². The molecule has 0 N–H and O–H groups in total. The largest absolute Gasteiger partial charge is 2.00 e. The van der Waals surface area contributed by atoms with E-state index in [-0.39, 0.29) is 47.8 Å². The van der Waals surface area contributed by atoms with Crippen LogP contribution < -0.4 is 10.2 Å². The predicted molar refractivity (Wildman–Crippen MR) is 60.9 cm³/mol. The van der Waals surface area contributed by atoms with Gasteiger partial charge in [-0.1, -0.05) is 46.4 Å². The minimum Gasteiger partial charge on any atom is -0.545 e. The Morgan fingerprint density at radius 3 is 1.12 bits per heavy atom. The summed E-state index contributed by atoms with van der Waals surface area (Å²) in [4.78, 5) is 21.4. The van der Waals surface area contributed by atoms with Crippen LogP contribution in [0, 0.1) is 0 Å². The second-order valence-electron chi connectivity index (χ2n) is 2.58. The Hall–Kier alpha value is 0.580. The van der Waals surface area contributed by atoms with E-state index in [1.807, 2.05) is 0 Å². The summed E-state index contributed by atoms with van der Waals surface area (Å²) in [7, 11) is 0. The van der Waals surface area contributed by atoms with Crippen molar-refractivity contribution in [2.45, 2.75) is 0 Å². The van der Waals surface area contributed by atoms with E-state index in [0.29, 0.717) is 0 Å². The maximum absolute atomic E-state index is 10.7. The van der Waals surface area contributed by atoms with Crippen molar-refractivity contribution in [3.8, 4) is 0 Å². The van der Waals surface area contributed by atoms with E-state index in [0.717, 1.165) is 0 Å². The molecule has 0 atom stereocenters. The Balaban J connectivity index is 0.00000256. The quantitative estimate of drug-likeness (QED) is 0.449. The van der Waals surface area contributed by atoms with Gasteiger partial charge in [0.25, 0.3) is 0 Å². The van der Waals surface area contributed by atoms with Gasteiger partial charge < -0.3 is 19.8 Å². The first-order valence-corrected chi connectivity index (χ1v) is 5.08. The molecule has 0 unspecified atom stereocenters. The summed E-state index contributed by atoms with van der Waals surface area (Å²) in [5, 5.41) is 19.6. The monoisotopic (exact) mass is 340 g/mol. The number of hydrogen-bond donors (Lipinski definition) is 0. The van der Waals surface area contributed by atoms with Crippen LogP contribution in [-0.2, 0) is 0 Å². The second kappa shape index (κ2) is 6.66. The summed E-state index contributed by atoms with van der Waals surface area (Å²) in [5.41, 5.74) is -1.72. The van der Waals surface area contributed by atoms with Crippen LogP contribution >= 0.6 is 46.4 Å². The van der Waals surface area contributed by atoms with Gasteiger partial charge in [0.15, 0.2) is 0 Å². The molecule has 1 aromatic rings. The fraction of sp³-hybridized carbons (Fsp3) is 0. The first-order valence-electron chi connectivity index (χ1n) is 3.57. The molecule has 1 aromatic carbocycles. The standard InChI is InChI=1S/C8H2Cl4O4.Ca/c9-3-1(7(13)14)2(8(15)16)4(10)6(12)5(3)11;/h(H,13,14)(H,15,16);/q;+2/p-2. The average Bonchev–Trinajstić information content (AvgIpc) is 2.18. The SMILES string of the molecule is O=C([O-])c1c(Cl)c(Cl)c(Cl)c(Cl)c1C(=O)[O-].[Ca+2]. The Bertz CT molecular complexity index is 458. The molecule has 0 heterocycles. The zero-order valence-corrected chi connectivity index (χ0v) is 13.1. The third-order valence-electron chi connectivity index (χ3n) is 1.68. The predicted octanol–water partition coefficient (Wildman–Crippen LogP) is 0.646. The van der Waals surface area contributed by atoms with E-state index in [1.165, 1.54) is 0 Å². The van der Waals surface area contributed by atoms with E-state index in [2.05, 4.69) is 0 Å². The van der Waals surface area contributed by atoms with E-state index < -0.39 is 33.1 Å². The first kappa shape index (κ1) is 17.6. The van der Waals surface area contributed by atoms with E-state index >= 15 is 0 Å². The number of benzene rings is 1. The minimum atomic E-state index is -1.84. The number of hydrogen-bond acceptors (Lipinski definition) is 4. The third-order valence-corrected chi connectivity index (χ3v) is 3.48.